The first kappa shape index (κ1) is 12.5. The van der Waals surface area contributed by atoms with Crippen LogP contribution in [0.3, 0.4) is 0 Å². The van der Waals surface area contributed by atoms with E-state index in [0.29, 0.717) is 11.1 Å². The smallest absolute Gasteiger partial charge is 0.328 e. The van der Waals surface area contributed by atoms with Crippen molar-refractivity contribution in [2.45, 2.75) is 25.3 Å². The van der Waals surface area contributed by atoms with E-state index in [1.165, 1.54) is 19.3 Å². The number of carboxylic acid groups (broad SMARTS) is 1. The predicted molar refractivity (Wildman–Crippen MR) is 76.6 cm³/mol. The fourth-order valence-electron chi connectivity index (χ4n) is 3.32. The second kappa shape index (κ2) is 4.89. The topological polar surface area (TPSA) is 40.5 Å². The van der Waals surface area contributed by atoms with Crippen LogP contribution in [0.4, 0.5) is 5.69 Å². The molecular weight excluding hydrogens is 262 g/mol. The van der Waals surface area contributed by atoms with E-state index < -0.39 is 5.97 Å². The Hall–Kier alpha value is -1.48. The van der Waals surface area contributed by atoms with Crippen molar-refractivity contribution in [2.24, 2.45) is 5.92 Å². The summed E-state index contributed by atoms with van der Waals surface area (Å²) in [6.45, 7) is 1.07. The zero-order chi connectivity index (χ0) is 13.4. The SMILES string of the molecule is O=C(O)C=Cc1c(Cl)cccc1N1CC2CCC1C2. The largest absolute Gasteiger partial charge is 0.478 e. The standard InChI is InChI=1S/C15H16ClNO2/c16-13-2-1-3-14(12(13)6-7-15(18)19)17-9-10-4-5-11(17)8-10/h1-3,6-7,10-11H,4-5,8-9H2,(H,18,19). The Balaban J connectivity index is 1.97. The molecule has 4 heteroatoms. The Labute approximate surface area is 117 Å². The van der Waals surface area contributed by atoms with E-state index in [2.05, 4.69) is 4.90 Å². The maximum absolute atomic E-state index is 10.7. The third kappa shape index (κ3) is 2.35. The summed E-state index contributed by atoms with van der Waals surface area (Å²) in [4.78, 5) is 13.1. The second-order valence-electron chi connectivity index (χ2n) is 5.33. The average molecular weight is 278 g/mol. The molecule has 3 nitrogen and oxygen atoms in total. The molecule has 1 aliphatic heterocycles. The van der Waals surface area contributed by atoms with E-state index >= 15 is 0 Å². The molecule has 1 heterocycles. The van der Waals surface area contributed by atoms with Gasteiger partial charge >= 0.3 is 5.97 Å². The monoisotopic (exact) mass is 277 g/mol. The Morgan fingerprint density at radius 3 is 2.89 bits per heavy atom. The van der Waals surface area contributed by atoms with Gasteiger partial charge in [-0.15, -0.1) is 0 Å². The summed E-state index contributed by atoms with van der Waals surface area (Å²) in [6.07, 6.45) is 6.57. The van der Waals surface area contributed by atoms with Gasteiger partial charge in [-0.2, -0.15) is 0 Å². The molecule has 1 N–H and O–H groups in total. The summed E-state index contributed by atoms with van der Waals surface area (Å²) in [7, 11) is 0. The molecule has 1 saturated heterocycles. The summed E-state index contributed by atoms with van der Waals surface area (Å²) in [5, 5.41) is 9.39. The molecule has 1 aromatic rings. The van der Waals surface area contributed by atoms with Crippen LogP contribution in [0.15, 0.2) is 24.3 Å². The number of fused-ring (bicyclic) bond motifs is 2. The summed E-state index contributed by atoms with van der Waals surface area (Å²) in [6, 6.07) is 6.37. The van der Waals surface area contributed by atoms with Gasteiger partial charge < -0.3 is 10.0 Å². The van der Waals surface area contributed by atoms with Crippen LogP contribution in [-0.4, -0.2) is 23.7 Å². The van der Waals surface area contributed by atoms with E-state index in [4.69, 9.17) is 16.7 Å². The minimum Gasteiger partial charge on any atom is -0.478 e. The van der Waals surface area contributed by atoms with Gasteiger partial charge in [-0.25, -0.2) is 4.79 Å². The van der Waals surface area contributed by atoms with E-state index in [-0.39, 0.29) is 0 Å². The van der Waals surface area contributed by atoms with Gasteiger partial charge in [0.25, 0.3) is 0 Å². The zero-order valence-corrected chi connectivity index (χ0v) is 11.3. The van der Waals surface area contributed by atoms with Crippen LogP contribution < -0.4 is 4.90 Å². The number of benzene rings is 1. The first-order valence-electron chi connectivity index (χ1n) is 6.61. The molecule has 0 radical (unpaired) electrons. The number of aliphatic carboxylic acids is 1. The minimum absolute atomic E-state index is 0.598. The molecule has 0 amide bonds. The number of hydrogen-bond donors (Lipinski definition) is 1. The molecule has 100 valence electrons. The average Bonchev–Trinajstić information content (AvgIpc) is 2.99. The number of carbonyl (C=O) groups is 1. The molecule has 2 bridgehead atoms. The number of rotatable bonds is 3. The van der Waals surface area contributed by atoms with Gasteiger partial charge in [-0.1, -0.05) is 17.7 Å². The van der Waals surface area contributed by atoms with Crippen LogP contribution in [0, 0.1) is 5.92 Å². The van der Waals surface area contributed by atoms with Crippen LogP contribution >= 0.6 is 11.6 Å². The van der Waals surface area contributed by atoms with Crippen molar-refractivity contribution in [1.29, 1.82) is 0 Å². The van der Waals surface area contributed by atoms with E-state index in [9.17, 15) is 4.79 Å². The van der Waals surface area contributed by atoms with Gasteiger partial charge in [0.2, 0.25) is 0 Å². The molecule has 3 rings (SSSR count). The Morgan fingerprint density at radius 2 is 2.26 bits per heavy atom. The minimum atomic E-state index is -0.950. The first-order valence-corrected chi connectivity index (χ1v) is 6.99. The zero-order valence-electron chi connectivity index (χ0n) is 10.6. The number of piperidine rings is 1. The van der Waals surface area contributed by atoms with E-state index in [0.717, 1.165) is 29.8 Å². The molecule has 1 aliphatic carbocycles. The number of hydrogen-bond acceptors (Lipinski definition) is 2. The molecule has 0 aromatic heterocycles. The van der Waals surface area contributed by atoms with Gasteiger partial charge in [0.15, 0.2) is 0 Å². The highest BCUT2D eigenvalue weighted by atomic mass is 35.5. The molecule has 2 unspecified atom stereocenters. The van der Waals surface area contributed by atoms with Gasteiger partial charge in [0.05, 0.1) is 0 Å². The first-order chi connectivity index (χ1) is 9.15. The third-order valence-electron chi connectivity index (χ3n) is 4.14. The maximum atomic E-state index is 10.7. The van der Waals surface area contributed by atoms with Crippen LogP contribution in [0.25, 0.3) is 6.08 Å². The molecule has 19 heavy (non-hydrogen) atoms. The van der Waals surface area contributed by atoms with Crippen molar-refractivity contribution < 1.29 is 9.90 Å². The highest BCUT2D eigenvalue weighted by Crippen LogP contribution is 2.42. The van der Waals surface area contributed by atoms with Gasteiger partial charge in [0, 0.05) is 34.9 Å². The highest BCUT2D eigenvalue weighted by molar-refractivity contribution is 6.32. The van der Waals surface area contributed by atoms with Gasteiger partial charge in [0.1, 0.15) is 0 Å². The van der Waals surface area contributed by atoms with E-state index in [1.807, 2.05) is 12.1 Å². The quantitative estimate of drug-likeness (QED) is 0.861. The summed E-state index contributed by atoms with van der Waals surface area (Å²) in [5.74, 6) is -0.158. The van der Waals surface area contributed by atoms with Crippen molar-refractivity contribution in [3.8, 4) is 0 Å². The lowest BCUT2D eigenvalue weighted by atomic mass is 10.1. The van der Waals surface area contributed by atoms with E-state index in [1.54, 1.807) is 12.1 Å². The summed E-state index contributed by atoms with van der Waals surface area (Å²) < 4.78 is 0. The molecular formula is C15H16ClNO2. The molecule has 1 aromatic carbocycles. The second-order valence-corrected chi connectivity index (χ2v) is 5.74. The van der Waals surface area contributed by atoms with Crippen molar-refractivity contribution in [1.82, 2.24) is 0 Å². The highest BCUT2D eigenvalue weighted by Gasteiger charge is 2.38. The number of nitrogens with zero attached hydrogens (tertiary/aromatic N) is 1. The number of anilines is 1. The fourth-order valence-corrected chi connectivity index (χ4v) is 3.55. The van der Waals surface area contributed by atoms with Crippen LogP contribution in [-0.2, 0) is 4.79 Å². The summed E-state index contributed by atoms with van der Waals surface area (Å²) >= 11 is 6.22. The fraction of sp³-hybridized carbons (Fsp3) is 0.400. The Bertz CT molecular complexity index is 541. The number of carboxylic acids is 1. The molecule has 2 aliphatic rings. The van der Waals surface area contributed by atoms with Gasteiger partial charge in [-0.3, -0.25) is 0 Å². The Morgan fingerprint density at radius 1 is 1.42 bits per heavy atom. The predicted octanol–water partition coefficient (Wildman–Crippen LogP) is 3.43. The van der Waals surface area contributed by atoms with Crippen molar-refractivity contribution >= 4 is 29.3 Å². The normalized spacial score (nSPS) is 25.4. The lowest BCUT2D eigenvalue weighted by Gasteiger charge is -2.30. The molecule has 2 fully saturated rings. The van der Waals surface area contributed by atoms with Crippen molar-refractivity contribution in [2.75, 3.05) is 11.4 Å². The van der Waals surface area contributed by atoms with Crippen molar-refractivity contribution in [3.63, 3.8) is 0 Å². The molecule has 0 spiro atoms. The van der Waals surface area contributed by atoms with Gasteiger partial charge in [-0.05, 0) is 43.4 Å². The van der Waals surface area contributed by atoms with Crippen LogP contribution in [0.1, 0.15) is 24.8 Å². The van der Waals surface area contributed by atoms with Crippen LogP contribution in [0.2, 0.25) is 5.02 Å². The lowest BCUT2D eigenvalue weighted by molar-refractivity contribution is -0.131. The van der Waals surface area contributed by atoms with Crippen LogP contribution in [0.5, 0.6) is 0 Å². The lowest BCUT2D eigenvalue weighted by Crippen LogP contribution is -2.32. The maximum Gasteiger partial charge on any atom is 0.328 e. The number of halogens is 1. The van der Waals surface area contributed by atoms with Crippen molar-refractivity contribution in [3.05, 3.63) is 34.9 Å². The third-order valence-corrected chi connectivity index (χ3v) is 4.47. The Kier molecular flexibility index (Phi) is 3.23. The molecule has 1 saturated carbocycles. The summed E-state index contributed by atoms with van der Waals surface area (Å²) in [5.41, 5.74) is 1.89. The molecule has 2 atom stereocenters.